The van der Waals surface area contributed by atoms with Gasteiger partial charge in [-0.15, -0.1) is 23.1 Å². The molecule has 0 saturated carbocycles. The van der Waals surface area contributed by atoms with Crippen molar-refractivity contribution in [3.05, 3.63) is 43.1 Å². The Morgan fingerprint density at radius 2 is 2.05 bits per heavy atom. The topological polar surface area (TPSA) is 218 Å². The summed E-state index contributed by atoms with van der Waals surface area (Å²) in [5.74, 6) is -2.68. The van der Waals surface area contributed by atoms with E-state index in [9.17, 15) is 29.1 Å². The standard InChI is InChI=1S/C18H18N8O7S3.2Na/c1-25-18(22-12(28)13(29)23-25)36-4-6-3-34-15-9(14(30)26(15)10(6)16(31)32)21-11(27)8(24-33-2)7-5-35-17(19)20-7;;/h5,9,15H,3-4H2,1-2H3,(H2,19,20)(H,21,27)(H,23,29)(H,31,32);;/q;2*+1/p-1/b24-8-;;/t9-,15-;;/m1../s1. The minimum Gasteiger partial charge on any atom is -0.543 e. The monoisotopic (exact) mass is 599 g/mol. The number of hydrogen-bond donors (Lipinski definition) is 3. The van der Waals surface area contributed by atoms with Gasteiger partial charge in [-0.05, 0) is 5.57 Å². The third-order valence-electron chi connectivity index (χ3n) is 5.01. The maximum atomic E-state index is 12.9. The number of carboxylic acids is 1. The van der Waals surface area contributed by atoms with Gasteiger partial charge in [-0.1, -0.05) is 16.9 Å². The minimum atomic E-state index is -1.56. The number of β-lactam (4-membered cyclic amide) rings is 1. The van der Waals surface area contributed by atoms with Crippen LogP contribution in [0, 0.1) is 0 Å². The molecule has 2 atom stereocenters. The third-order valence-corrected chi connectivity index (χ3v) is 8.14. The maximum Gasteiger partial charge on any atom is 1.00 e. The minimum absolute atomic E-state index is 0. The van der Waals surface area contributed by atoms with Gasteiger partial charge >= 0.3 is 70.2 Å². The van der Waals surface area contributed by atoms with Crippen molar-refractivity contribution in [1.29, 1.82) is 0 Å². The van der Waals surface area contributed by atoms with Crippen LogP contribution in [0.4, 0.5) is 5.13 Å². The number of thioether (sulfide) groups is 2. The second-order valence-corrected chi connectivity index (χ2v) is 10.2. The smallest absolute Gasteiger partial charge is 0.543 e. The number of amides is 2. The number of aliphatic carboxylic acids is 1. The van der Waals surface area contributed by atoms with E-state index in [0.717, 1.165) is 28.0 Å². The maximum absolute atomic E-state index is 12.9. The summed E-state index contributed by atoms with van der Waals surface area (Å²) in [6, 6.07) is -1.02. The molecule has 15 nitrogen and oxygen atoms in total. The normalized spacial score (nSPS) is 18.5. The molecule has 2 aliphatic rings. The van der Waals surface area contributed by atoms with Gasteiger partial charge in [-0.25, -0.2) is 4.98 Å². The van der Waals surface area contributed by atoms with Crippen molar-refractivity contribution in [1.82, 2.24) is 30.0 Å². The van der Waals surface area contributed by atoms with E-state index in [1.165, 1.54) is 36.0 Å². The average Bonchev–Trinajstić information content (AvgIpc) is 3.27. The number of hydrogen-bond acceptors (Lipinski definition) is 14. The number of aryl methyl sites for hydroxylation is 1. The molecular weight excluding hydrogens is 582 g/mol. The number of nitrogen functional groups attached to an aromatic ring is 1. The van der Waals surface area contributed by atoms with Crippen LogP contribution in [-0.4, -0.2) is 78.2 Å². The van der Waals surface area contributed by atoms with Crippen LogP contribution in [-0.2, 0) is 26.3 Å². The number of carbonyl (C=O) groups is 3. The molecule has 0 radical (unpaired) electrons. The molecular formula is C18H17N8Na2O7S3+. The summed E-state index contributed by atoms with van der Waals surface area (Å²) in [5.41, 5.74) is 3.77. The zero-order valence-electron chi connectivity index (χ0n) is 20.5. The number of fused-ring (bicyclic) bond motifs is 1. The third kappa shape index (κ3) is 6.56. The number of aromatic nitrogens is 4. The average molecular weight is 600 g/mol. The first-order chi connectivity index (χ1) is 17.1. The molecule has 1 saturated heterocycles. The first kappa shape index (κ1) is 32.6. The number of rotatable bonds is 8. The van der Waals surface area contributed by atoms with Gasteiger partial charge in [0.1, 0.15) is 24.2 Å². The van der Waals surface area contributed by atoms with Gasteiger partial charge in [0.2, 0.25) is 0 Å². The van der Waals surface area contributed by atoms with Crippen LogP contribution in [0.15, 0.2) is 36.6 Å². The number of nitrogens with one attached hydrogen (secondary N) is 2. The zero-order valence-corrected chi connectivity index (χ0v) is 27.0. The Labute approximate surface area is 270 Å². The van der Waals surface area contributed by atoms with Gasteiger partial charge in [0, 0.05) is 23.9 Å². The quantitative estimate of drug-likeness (QED) is 0.0644. The second-order valence-electron chi connectivity index (χ2n) is 7.28. The van der Waals surface area contributed by atoms with E-state index in [2.05, 4.69) is 25.5 Å². The van der Waals surface area contributed by atoms with E-state index in [4.69, 9.17) is 10.6 Å². The molecule has 4 heterocycles. The summed E-state index contributed by atoms with van der Waals surface area (Å²) < 4.78 is 1.24. The van der Waals surface area contributed by atoms with Gasteiger partial charge in [-0.3, -0.25) is 33.9 Å². The summed E-state index contributed by atoms with van der Waals surface area (Å²) in [6.07, 6.45) is 0. The number of carboxylic acid groups (broad SMARTS) is 1. The summed E-state index contributed by atoms with van der Waals surface area (Å²) >= 11 is 3.35. The summed E-state index contributed by atoms with van der Waals surface area (Å²) in [7, 11) is 2.72. The molecule has 0 bridgehead atoms. The largest absolute Gasteiger partial charge is 1.00 e. The van der Waals surface area contributed by atoms with E-state index in [0.29, 0.717) is 5.57 Å². The Balaban J connectivity index is 0.00000253. The number of thiazole rings is 1. The van der Waals surface area contributed by atoms with Crippen molar-refractivity contribution >= 4 is 63.5 Å². The van der Waals surface area contributed by atoms with E-state index in [1.807, 2.05) is 0 Å². The molecule has 0 unspecified atom stereocenters. The molecule has 0 aliphatic carbocycles. The van der Waals surface area contributed by atoms with Crippen molar-refractivity contribution in [2.75, 3.05) is 24.3 Å². The van der Waals surface area contributed by atoms with Crippen LogP contribution in [0.2, 0.25) is 0 Å². The van der Waals surface area contributed by atoms with Gasteiger partial charge in [0.05, 0.1) is 11.7 Å². The van der Waals surface area contributed by atoms with Crippen molar-refractivity contribution in [3.8, 4) is 0 Å². The van der Waals surface area contributed by atoms with Crippen LogP contribution in [0.5, 0.6) is 0 Å². The second kappa shape index (κ2) is 13.6. The molecule has 0 spiro atoms. The van der Waals surface area contributed by atoms with Crippen molar-refractivity contribution in [2.45, 2.75) is 16.6 Å². The number of nitrogens with zero attached hydrogens (tertiary/aromatic N) is 5. The molecule has 0 aromatic carbocycles. The Morgan fingerprint density at radius 1 is 1.34 bits per heavy atom. The molecule has 1 fully saturated rings. The molecule has 20 heteroatoms. The van der Waals surface area contributed by atoms with Gasteiger partial charge in [-0.2, -0.15) is 4.98 Å². The number of anilines is 1. The zero-order chi connectivity index (χ0) is 26.1. The molecule has 2 aliphatic heterocycles. The SMILES string of the molecule is CO/N=C(\C(=O)N[C@@H]1C(=O)N2C(C(=O)[O-])=C(CSc3nc(=O)c(=O)[nH]n3C)CS[C@H]12)c1csc(N)n1.[Na+].[Na+]. The Kier molecular flexibility index (Phi) is 11.7. The van der Waals surface area contributed by atoms with Gasteiger partial charge in [0.25, 0.3) is 11.8 Å². The van der Waals surface area contributed by atoms with E-state index < -0.39 is 40.3 Å². The fourth-order valence-corrected chi connectivity index (χ4v) is 6.38. The molecule has 190 valence electrons. The number of carbonyl (C=O) groups excluding carboxylic acids is 3. The molecule has 2 amide bonds. The van der Waals surface area contributed by atoms with Gasteiger partial charge in [0.15, 0.2) is 16.0 Å². The molecule has 4 rings (SSSR count). The van der Waals surface area contributed by atoms with E-state index >= 15 is 0 Å². The predicted molar refractivity (Wildman–Crippen MR) is 128 cm³/mol. The molecule has 38 heavy (non-hydrogen) atoms. The number of H-pyrrole nitrogens is 1. The first-order valence-electron chi connectivity index (χ1n) is 9.94. The molecule has 2 aromatic rings. The van der Waals surface area contributed by atoms with Crippen LogP contribution >= 0.6 is 34.9 Å². The van der Waals surface area contributed by atoms with Crippen LogP contribution in [0.3, 0.4) is 0 Å². The van der Waals surface area contributed by atoms with Crippen LogP contribution in [0.1, 0.15) is 5.69 Å². The number of oxime groups is 1. The molecule has 2 aromatic heterocycles. The fourth-order valence-electron chi connectivity index (χ4n) is 3.43. The molecule has 4 N–H and O–H groups in total. The Morgan fingerprint density at radius 3 is 2.66 bits per heavy atom. The van der Waals surface area contributed by atoms with E-state index in [1.54, 1.807) is 0 Å². The van der Waals surface area contributed by atoms with Crippen molar-refractivity contribution in [2.24, 2.45) is 12.2 Å². The number of nitrogens with two attached hydrogens (primary N) is 1. The first-order valence-corrected chi connectivity index (χ1v) is 12.8. The number of aromatic amines is 1. The van der Waals surface area contributed by atoms with Gasteiger partial charge < -0.3 is 25.8 Å². The van der Waals surface area contributed by atoms with Crippen LogP contribution < -0.4 is 86.4 Å². The predicted octanol–water partition coefficient (Wildman–Crippen LogP) is -8.94. The Bertz CT molecular complexity index is 1440. The summed E-state index contributed by atoms with van der Waals surface area (Å²) in [4.78, 5) is 74.0. The Hall–Kier alpha value is -1.64. The fraction of sp³-hybridized carbons (Fsp3) is 0.333. The van der Waals surface area contributed by atoms with Crippen LogP contribution in [0.25, 0.3) is 0 Å². The summed E-state index contributed by atoms with van der Waals surface area (Å²) in [5, 5.41) is 21.6. The summed E-state index contributed by atoms with van der Waals surface area (Å²) in [6.45, 7) is 0. The van der Waals surface area contributed by atoms with Crippen molar-refractivity contribution < 1.29 is 83.4 Å². The van der Waals surface area contributed by atoms with E-state index in [-0.39, 0.29) is 98.0 Å². The van der Waals surface area contributed by atoms with Crippen molar-refractivity contribution in [3.63, 3.8) is 0 Å².